The molecule has 1 heterocycles. The van der Waals surface area contributed by atoms with Crippen LogP contribution < -0.4 is 0 Å². The molecule has 1 atom stereocenters. The van der Waals surface area contributed by atoms with Gasteiger partial charge in [-0.15, -0.1) is 0 Å². The molecule has 0 bridgehead atoms. The third-order valence-corrected chi connectivity index (χ3v) is 2.35. The van der Waals surface area contributed by atoms with Gasteiger partial charge in [-0.3, -0.25) is 4.98 Å². The lowest BCUT2D eigenvalue weighted by Crippen LogP contribution is -2.01. The first-order valence-corrected chi connectivity index (χ1v) is 4.70. The molecule has 0 amide bonds. The van der Waals surface area contributed by atoms with Crippen LogP contribution >= 0.6 is 0 Å². The number of para-hydroxylation sites is 1. The van der Waals surface area contributed by atoms with Crippen LogP contribution in [0.5, 0.6) is 0 Å². The highest BCUT2D eigenvalue weighted by atomic mass is 16.3. The lowest BCUT2D eigenvalue weighted by Gasteiger charge is -2.06. The van der Waals surface area contributed by atoms with Crippen molar-refractivity contribution in [2.24, 2.45) is 0 Å². The molecule has 2 aromatic rings. The summed E-state index contributed by atoms with van der Waals surface area (Å²) in [7, 11) is 0. The summed E-state index contributed by atoms with van der Waals surface area (Å²) in [5.74, 6) is -0.484. The third-order valence-electron chi connectivity index (χ3n) is 2.35. The molecule has 0 radical (unpaired) electrons. The molecule has 0 saturated carbocycles. The van der Waals surface area contributed by atoms with Gasteiger partial charge in [-0.25, -0.2) is 0 Å². The Kier molecular flexibility index (Phi) is 2.61. The fraction of sp³-hybridized carbons (Fsp3) is 0.167. The van der Waals surface area contributed by atoms with Crippen LogP contribution in [0, 0.1) is 11.3 Å². The van der Waals surface area contributed by atoms with Crippen molar-refractivity contribution in [1.82, 2.24) is 4.98 Å². The Bertz CT molecular complexity index is 516. The Hall–Kier alpha value is -1.92. The van der Waals surface area contributed by atoms with Gasteiger partial charge in [0.25, 0.3) is 0 Å². The molecular formula is C12H10N2O. The van der Waals surface area contributed by atoms with E-state index in [2.05, 4.69) is 4.98 Å². The van der Waals surface area contributed by atoms with E-state index in [1.54, 1.807) is 6.20 Å². The number of aliphatic hydroxyl groups is 1. The monoisotopic (exact) mass is 198 g/mol. The van der Waals surface area contributed by atoms with Crippen LogP contribution in [0.2, 0.25) is 0 Å². The molecule has 3 nitrogen and oxygen atoms in total. The normalized spacial score (nSPS) is 12.3. The lowest BCUT2D eigenvalue weighted by molar-refractivity contribution is 0.286. The average molecular weight is 198 g/mol. The number of hydrogen-bond donors (Lipinski definition) is 1. The van der Waals surface area contributed by atoms with E-state index in [0.29, 0.717) is 0 Å². The van der Waals surface area contributed by atoms with Gasteiger partial charge >= 0.3 is 0 Å². The molecule has 3 heteroatoms. The molecule has 1 aromatic carbocycles. The molecule has 0 fully saturated rings. The Morgan fingerprint density at radius 2 is 2.20 bits per heavy atom. The molecule has 1 aromatic heterocycles. The van der Waals surface area contributed by atoms with Crippen molar-refractivity contribution in [2.75, 3.05) is 6.61 Å². The van der Waals surface area contributed by atoms with Gasteiger partial charge in [0.2, 0.25) is 0 Å². The topological polar surface area (TPSA) is 56.9 Å². The minimum atomic E-state index is -0.484. The van der Waals surface area contributed by atoms with Crippen LogP contribution in [0.15, 0.2) is 36.5 Å². The fourth-order valence-corrected chi connectivity index (χ4v) is 1.50. The van der Waals surface area contributed by atoms with Crippen LogP contribution in [-0.2, 0) is 0 Å². The highest BCUT2D eigenvalue weighted by Crippen LogP contribution is 2.18. The number of rotatable bonds is 2. The van der Waals surface area contributed by atoms with Crippen molar-refractivity contribution in [2.45, 2.75) is 5.92 Å². The summed E-state index contributed by atoms with van der Waals surface area (Å²) >= 11 is 0. The van der Waals surface area contributed by atoms with Gasteiger partial charge in [-0.1, -0.05) is 18.2 Å². The SMILES string of the molecule is N#CC(CO)c1cnc2ccccc2c1. The van der Waals surface area contributed by atoms with Gasteiger partial charge in [0.1, 0.15) is 0 Å². The summed E-state index contributed by atoms with van der Waals surface area (Å²) < 4.78 is 0. The second kappa shape index (κ2) is 4.07. The predicted octanol–water partition coefficient (Wildman–Crippen LogP) is 1.83. The molecule has 0 spiro atoms. The molecule has 2 rings (SSSR count). The molecule has 1 N–H and O–H groups in total. The molecule has 0 saturated heterocycles. The minimum absolute atomic E-state index is 0.170. The zero-order valence-electron chi connectivity index (χ0n) is 8.09. The Morgan fingerprint density at radius 3 is 2.93 bits per heavy atom. The van der Waals surface area contributed by atoms with Crippen molar-refractivity contribution in [3.05, 3.63) is 42.1 Å². The van der Waals surface area contributed by atoms with E-state index in [9.17, 15) is 0 Å². The predicted molar refractivity (Wildman–Crippen MR) is 57.2 cm³/mol. The first-order chi connectivity index (χ1) is 7.35. The zero-order chi connectivity index (χ0) is 10.7. The number of fused-ring (bicyclic) bond motifs is 1. The summed E-state index contributed by atoms with van der Waals surface area (Å²) in [6, 6.07) is 11.6. The van der Waals surface area contributed by atoms with E-state index in [-0.39, 0.29) is 6.61 Å². The summed E-state index contributed by atoms with van der Waals surface area (Å²) in [6.07, 6.45) is 1.65. The number of aromatic nitrogens is 1. The van der Waals surface area contributed by atoms with Crippen molar-refractivity contribution in [3.8, 4) is 6.07 Å². The van der Waals surface area contributed by atoms with Crippen LogP contribution in [0.4, 0.5) is 0 Å². The largest absolute Gasteiger partial charge is 0.395 e. The average Bonchev–Trinajstić information content (AvgIpc) is 2.30. The van der Waals surface area contributed by atoms with Gasteiger partial charge in [0, 0.05) is 11.6 Å². The Balaban J connectivity index is 2.52. The summed E-state index contributed by atoms with van der Waals surface area (Å²) in [5, 5.41) is 18.8. The van der Waals surface area contributed by atoms with Crippen LogP contribution in [0.25, 0.3) is 10.9 Å². The Morgan fingerprint density at radius 1 is 1.40 bits per heavy atom. The molecule has 1 unspecified atom stereocenters. The fourth-order valence-electron chi connectivity index (χ4n) is 1.50. The van der Waals surface area contributed by atoms with Gasteiger partial charge in [-0.05, 0) is 17.7 Å². The maximum absolute atomic E-state index is 9.00. The minimum Gasteiger partial charge on any atom is -0.395 e. The van der Waals surface area contributed by atoms with Crippen molar-refractivity contribution in [1.29, 1.82) is 5.26 Å². The quantitative estimate of drug-likeness (QED) is 0.800. The van der Waals surface area contributed by atoms with Crippen LogP contribution in [-0.4, -0.2) is 16.7 Å². The first-order valence-electron chi connectivity index (χ1n) is 4.70. The standard InChI is InChI=1S/C12H10N2O/c13-6-11(8-15)10-5-9-3-1-2-4-12(9)14-7-10/h1-5,7,11,15H,8H2. The van der Waals surface area contributed by atoms with Crippen molar-refractivity contribution >= 4 is 10.9 Å². The smallest absolute Gasteiger partial charge is 0.0958 e. The third kappa shape index (κ3) is 1.80. The molecule has 0 aliphatic carbocycles. The Labute approximate surface area is 87.6 Å². The summed E-state index contributed by atoms with van der Waals surface area (Å²) in [5.41, 5.74) is 1.66. The number of pyridine rings is 1. The molecule has 74 valence electrons. The van der Waals surface area contributed by atoms with E-state index >= 15 is 0 Å². The highest BCUT2D eigenvalue weighted by Gasteiger charge is 2.09. The zero-order valence-corrected chi connectivity index (χ0v) is 8.09. The number of nitrogens with zero attached hydrogens (tertiary/aromatic N) is 2. The van der Waals surface area contributed by atoms with E-state index < -0.39 is 5.92 Å². The lowest BCUT2D eigenvalue weighted by atomic mass is 10.0. The van der Waals surface area contributed by atoms with E-state index in [4.69, 9.17) is 10.4 Å². The van der Waals surface area contributed by atoms with E-state index in [0.717, 1.165) is 16.5 Å². The second-order valence-corrected chi connectivity index (χ2v) is 3.33. The maximum atomic E-state index is 9.00. The molecule has 0 aliphatic rings. The van der Waals surface area contributed by atoms with Gasteiger partial charge in [-0.2, -0.15) is 5.26 Å². The van der Waals surface area contributed by atoms with Crippen LogP contribution in [0.3, 0.4) is 0 Å². The van der Waals surface area contributed by atoms with Crippen LogP contribution in [0.1, 0.15) is 11.5 Å². The molecule has 0 aliphatic heterocycles. The first kappa shape index (κ1) is 9.63. The maximum Gasteiger partial charge on any atom is 0.0958 e. The second-order valence-electron chi connectivity index (χ2n) is 3.33. The number of nitriles is 1. The summed E-state index contributed by atoms with van der Waals surface area (Å²) in [6.45, 7) is -0.170. The molecule has 15 heavy (non-hydrogen) atoms. The molecular weight excluding hydrogens is 188 g/mol. The van der Waals surface area contributed by atoms with Gasteiger partial charge in [0.15, 0.2) is 0 Å². The highest BCUT2D eigenvalue weighted by molar-refractivity contribution is 5.78. The number of aliphatic hydroxyl groups excluding tert-OH is 1. The van der Waals surface area contributed by atoms with Crippen molar-refractivity contribution in [3.63, 3.8) is 0 Å². The number of benzene rings is 1. The van der Waals surface area contributed by atoms with Gasteiger partial charge < -0.3 is 5.11 Å². The van der Waals surface area contributed by atoms with Crippen molar-refractivity contribution < 1.29 is 5.11 Å². The van der Waals surface area contributed by atoms with Gasteiger partial charge in [0.05, 0.1) is 24.1 Å². The van der Waals surface area contributed by atoms with E-state index in [1.807, 2.05) is 36.4 Å². The number of hydrogen-bond acceptors (Lipinski definition) is 3. The summed E-state index contributed by atoms with van der Waals surface area (Å²) in [4.78, 5) is 4.24. The van der Waals surface area contributed by atoms with E-state index in [1.165, 1.54) is 0 Å².